The monoisotopic (exact) mass is 510 g/mol. The zero-order chi connectivity index (χ0) is 25.3. The van der Waals surface area contributed by atoms with Gasteiger partial charge in [0.05, 0.1) is 41.3 Å². The number of aliphatic hydroxyl groups excluding tert-OH is 1. The predicted octanol–water partition coefficient (Wildman–Crippen LogP) is 4.46. The van der Waals surface area contributed by atoms with Gasteiger partial charge in [0.1, 0.15) is 10.8 Å². The maximum absolute atomic E-state index is 13.0. The van der Waals surface area contributed by atoms with E-state index in [1.54, 1.807) is 6.92 Å². The maximum atomic E-state index is 13.0. The van der Waals surface area contributed by atoms with Crippen LogP contribution in [-0.4, -0.2) is 52.5 Å². The van der Waals surface area contributed by atoms with Gasteiger partial charge in [-0.05, 0) is 24.1 Å². The Morgan fingerprint density at radius 1 is 1.18 bits per heavy atom. The number of methoxy groups -OCH3 is 2. The first-order valence-electron chi connectivity index (χ1n) is 9.94. The lowest BCUT2D eigenvalue weighted by Crippen LogP contribution is -2.30. The molecule has 10 nitrogen and oxygen atoms in total. The van der Waals surface area contributed by atoms with E-state index in [2.05, 4.69) is 0 Å². The van der Waals surface area contributed by atoms with Crippen molar-refractivity contribution < 1.29 is 34.2 Å². The van der Waals surface area contributed by atoms with Crippen LogP contribution >= 0.6 is 23.2 Å². The third kappa shape index (κ3) is 4.10. The summed E-state index contributed by atoms with van der Waals surface area (Å²) >= 11 is 12.5. The van der Waals surface area contributed by atoms with Gasteiger partial charge in [0.25, 0.3) is 11.7 Å². The van der Waals surface area contributed by atoms with Gasteiger partial charge in [0.2, 0.25) is 0 Å². The van der Waals surface area contributed by atoms with Crippen molar-refractivity contribution in [2.24, 2.45) is 0 Å². The highest BCUT2D eigenvalue weighted by molar-refractivity contribution is 6.47. The molecule has 1 saturated heterocycles. The van der Waals surface area contributed by atoms with Gasteiger partial charge < -0.3 is 24.6 Å². The molecular weight excluding hydrogens is 491 g/mol. The molecule has 0 bridgehead atoms. The molecule has 1 heterocycles. The molecule has 1 atom stereocenters. The minimum absolute atomic E-state index is 0.00876. The Balaban J connectivity index is 2.34. The molecule has 2 aromatic carbocycles. The Morgan fingerprint density at radius 2 is 1.82 bits per heavy atom. The summed E-state index contributed by atoms with van der Waals surface area (Å²) in [5, 5.41) is 32.4. The Labute approximate surface area is 204 Å². The van der Waals surface area contributed by atoms with E-state index < -0.39 is 39.9 Å². The van der Waals surface area contributed by atoms with Gasteiger partial charge in [0, 0.05) is 12.6 Å². The fourth-order valence-electron chi connectivity index (χ4n) is 3.85. The van der Waals surface area contributed by atoms with Crippen molar-refractivity contribution in [3.8, 4) is 17.2 Å². The number of carbonyl (C=O) groups excluding carboxylic acids is 2. The molecule has 1 fully saturated rings. The Kier molecular flexibility index (Phi) is 7.23. The smallest absolute Gasteiger partial charge is 0.311 e. The van der Waals surface area contributed by atoms with Crippen molar-refractivity contribution in [1.82, 2.24) is 4.90 Å². The lowest BCUT2D eigenvalue weighted by molar-refractivity contribution is -0.385. The summed E-state index contributed by atoms with van der Waals surface area (Å²) in [4.78, 5) is 37.7. The number of phenols is 1. The van der Waals surface area contributed by atoms with Crippen LogP contribution in [0.4, 0.5) is 5.69 Å². The molecule has 0 radical (unpaired) electrons. The number of benzene rings is 2. The van der Waals surface area contributed by atoms with E-state index in [1.807, 2.05) is 0 Å². The first-order valence-corrected chi connectivity index (χ1v) is 10.7. The molecule has 1 unspecified atom stereocenters. The number of aliphatic hydroxyl groups is 1. The van der Waals surface area contributed by atoms with Crippen molar-refractivity contribution in [3.63, 3.8) is 0 Å². The Hall–Kier alpha value is -3.50. The number of ketones is 1. The second-order valence-electron chi connectivity index (χ2n) is 7.28. The number of carbonyl (C=O) groups is 2. The summed E-state index contributed by atoms with van der Waals surface area (Å²) in [6.07, 6.45) is 0.466. The summed E-state index contributed by atoms with van der Waals surface area (Å²) in [7, 11) is 2.61. The molecule has 0 aliphatic carbocycles. The molecule has 1 aliphatic heterocycles. The zero-order valence-electron chi connectivity index (χ0n) is 18.3. The predicted molar refractivity (Wildman–Crippen MR) is 124 cm³/mol. The standard InChI is InChI=1S/C22H20Cl2N2O8/c1-4-7-25-17(10-5-6-14(27)13(8-10)26(31)32)15(19(29)22(25)30)18(28)11-9-12(23)21(34-3)16(24)20(11)33-2/h5-6,8-9,17,27-28H,4,7H2,1-3H3/b18-15+. The highest BCUT2D eigenvalue weighted by atomic mass is 35.5. The van der Waals surface area contributed by atoms with Crippen LogP contribution in [0.15, 0.2) is 29.8 Å². The molecule has 0 spiro atoms. The molecule has 12 heteroatoms. The molecule has 3 rings (SSSR count). The minimum Gasteiger partial charge on any atom is -0.507 e. The number of ether oxygens (including phenoxy) is 2. The topological polar surface area (TPSA) is 139 Å². The fraction of sp³-hybridized carbons (Fsp3) is 0.273. The number of phenolic OH excluding ortho intramolecular Hbond substituents is 1. The molecular formula is C22H20Cl2N2O8. The van der Waals surface area contributed by atoms with Crippen LogP contribution < -0.4 is 9.47 Å². The molecule has 0 saturated carbocycles. The summed E-state index contributed by atoms with van der Waals surface area (Å²) in [6, 6.07) is 3.56. The first-order chi connectivity index (χ1) is 16.1. The largest absolute Gasteiger partial charge is 0.507 e. The number of hydrogen-bond donors (Lipinski definition) is 2. The number of hydrogen-bond acceptors (Lipinski definition) is 8. The fourth-order valence-corrected chi connectivity index (χ4v) is 4.53. The molecule has 1 aliphatic rings. The Morgan fingerprint density at radius 3 is 2.38 bits per heavy atom. The number of rotatable bonds is 7. The third-order valence-corrected chi connectivity index (χ3v) is 5.94. The van der Waals surface area contributed by atoms with Gasteiger partial charge in [0.15, 0.2) is 17.2 Å². The molecule has 34 heavy (non-hydrogen) atoms. The Bertz CT molecular complexity index is 1230. The van der Waals surface area contributed by atoms with Gasteiger partial charge in [-0.1, -0.05) is 36.2 Å². The van der Waals surface area contributed by atoms with Crippen LogP contribution in [0, 0.1) is 10.1 Å². The van der Waals surface area contributed by atoms with E-state index >= 15 is 0 Å². The lowest BCUT2D eigenvalue weighted by Gasteiger charge is -2.25. The highest BCUT2D eigenvalue weighted by Gasteiger charge is 2.46. The quantitative estimate of drug-likeness (QED) is 0.183. The van der Waals surface area contributed by atoms with Gasteiger partial charge in [-0.3, -0.25) is 19.7 Å². The first kappa shape index (κ1) is 25.1. The van der Waals surface area contributed by atoms with Crippen LogP contribution in [0.2, 0.25) is 10.0 Å². The van der Waals surface area contributed by atoms with Crippen molar-refractivity contribution in [2.45, 2.75) is 19.4 Å². The van der Waals surface area contributed by atoms with Crippen molar-refractivity contribution in [1.29, 1.82) is 0 Å². The number of aromatic hydroxyl groups is 1. The number of likely N-dealkylation sites (tertiary alicyclic amines) is 1. The number of Topliss-reactive ketones (excluding diaryl/α,β-unsaturated/α-hetero) is 1. The van der Waals surface area contributed by atoms with Crippen LogP contribution in [0.1, 0.15) is 30.5 Å². The number of nitro groups is 1. The zero-order valence-corrected chi connectivity index (χ0v) is 19.8. The summed E-state index contributed by atoms with van der Waals surface area (Å²) in [5.74, 6) is -3.10. The SMILES string of the molecule is CCCN1C(=O)C(=O)/C(=C(/O)c2cc(Cl)c(OC)c(Cl)c2OC)C1c1ccc(O)c([N+](=O)[O-])c1. The average Bonchev–Trinajstić information content (AvgIpc) is 3.04. The maximum Gasteiger partial charge on any atom is 0.311 e. The molecule has 180 valence electrons. The summed E-state index contributed by atoms with van der Waals surface area (Å²) < 4.78 is 10.4. The number of nitrogens with zero attached hydrogens (tertiary/aromatic N) is 2. The van der Waals surface area contributed by atoms with E-state index in [-0.39, 0.29) is 44.8 Å². The second kappa shape index (κ2) is 9.78. The second-order valence-corrected chi connectivity index (χ2v) is 8.07. The van der Waals surface area contributed by atoms with Crippen LogP contribution in [0.25, 0.3) is 5.76 Å². The molecule has 0 aromatic heterocycles. The van der Waals surface area contributed by atoms with E-state index in [4.69, 9.17) is 32.7 Å². The summed E-state index contributed by atoms with van der Waals surface area (Å²) in [5.41, 5.74) is -0.892. The lowest BCUT2D eigenvalue weighted by atomic mass is 9.94. The van der Waals surface area contributed by atoms with Gasteiger partial charge in [-0.15, -0.1) is 0 Å². The van der Waals surface area contributed by atoms with Crippen LogP contribution in [0.3, 0.4) is 0 Å². The van der Waals surface area contributed by atoms with Crippen LogP contribution in [0.5, 0.6) is 17.2 Å². The van der Waals surface area contributed by atoms with Gasteiger partial charge in [-0.25, -0.2) is 0 Å². The molecule has 1 amide bonds. The van der Waals surface area contributed by atoms with Gasteiger partial charge in [-0.2, -0.15) is 0 Å². The average molecular weight is 511 g/mol. The van der Waals surface area contributed by atoms with E-state index in [1.165, 1.54) is 31.3 Å². The highest BCUT2D eigenvalue weighted by Crippen LogP contribution is 2.47. The van der Waals surface area contributed by atoms with Crippen molar-refractivity contribution >= 4 is 46.3 Å². The van der Waals surface area contributed by atoms with Crippen molar-refractivity contribution in [3.05, 3.63) is 61.1 Å². The van der Waals surface area contributed by atoms with Crippen LogP contribution in [-0.2, 0) is 9.59 Å². The number of nitro benzene ring substituents is 1. The normalized spacial score (nSPS) is 17.2. The third-order valence-electron chi connectivity index (χ3n) is 5.31. The summed E-state index contributed by atoms with van der Waals surface area (Å²) in [6.45, 7) is 1.91. The van der Waals surface area contributed by atoms with E-state index in [9.17, 15) is 29.9 Å². The molecule has 2 aromatic rings. The van der Waals surface area contributed by atoms with E-state index in [0.29, 0.717) is 6.42 Å². The van der Waals surface area contributed by atoms with E-state index in [0.717, 1.165) is 12.1 Å². The number of amides is 1. The minimum atomic E-state index is -1.18. The molecule has 2 N–H and O–H groups in total. The number of halogens is 2. The van der Waals surface area contributed by atoms with Crippen molar-refractivity contribution in [2.75, 3.05) is 20.8 Å². The van der Waals surface area contributed by atoms with Gasteiger partial charge >= 0.3 is 5.69 Å².